The molecular weight excluding hydrogens is 237 g/mol. The SMILES string of the molecule is CC[O-].[O-2].[Ta]. The van der Waals surface area contributed by atoms with Gasteiger partial charge in [-0.05, 0) is 0 Å². The number of rotatable bonds is 0. The van der Waals surface area contributed by atoms with Crippen LogP contribution >= 0.6 is 0 Å². The number of hydrogen-bond acceptors (Lipinski definition) is 1. The second kappa shape index (κ2) is 22.7. The molecule has 0 atom stereocenters. The van der Waals surface area contributed by atoms with Crippen molar-refractivity contribution in [3.63, 3.8) is 0 Å². The fourth-order valence-corrected chi connectivity index (χ4v) is 0. The molecule has 0 aromatic heterocycles. The molecule has 0 saturated heterocycles. The van der Waals surface area contributed by atoms with Crippen molar-refractivity contribution >= 4 is 0 Å². The molecule has 33 valence electrons. The molecule has 5 heavy (non-hydrogen) atoms. The van der Waals surface area contributed by atoms with Crippen LogP contribution in [0.2, 0.25) is 0 Å². The van der Waals surface area contributed by atoms with Gasteiger partial charge < -0.3 is 10.6 Å². The molecular formula is C2H5O2Ta-3. The minimum atomic E-state index is 0. The van der Waals surface area contributed by atoms with E-state index in [2.05, 4.69) is 0 Å². The average molecular weight is 242 g/mol. The van der Waals surface area contributed by atoms with Gasteiger partial charge >= 0.3 is 0 Å². The molecule has 0 rings (SSSR count). The quantitative estimate of drug-likeness (QED) is 0.551. The summed E-state index contributed by atoms with van der Waals surface area (Å²) in [6.07, 6.45) is 0. The van der Waals surface area contributed by atoms with Crippen LogP contribution in [0.3, 0.4) is 0 Å². The second-order valence-electron chi connectivity index (χ2n) is 0.289. The van der Waals surface area contributed by atoms with Crippen LogP contribution in [0.1, 0.15) is 6.92 Å². The molecule has 0 unspecified atom stereocenters. The minimum Gasteiger partial charge on any atom is -2.00 e. The van der Waals surface area contributed by atoms with Crippen LogP contribution in [0.5, 0.6) is 0 Å². The fourth-order valence-electron chi connectivity index (χ4n) is 0. The van der Waals surface area contributed by atoms with E-state index in [-0.39, 0.29) is 34.5 Å². The van der Waals surface area contributed by atoms with Gasteiger partial charge in [-0.3, -0.25) is 0 Å². The van der Waals surface area contributed by atoms with E-state index >= 15 is 0 Å². The first-order valence-electron chi connectivity index (χ1n) is 0.996. The van der Waals surface area contributed by atoms with Gasteiger partial charge in [0.05, 0.1) is 0 Å². The average Bonchev–Trinajstić information content (AvgIpc) is 0.918. The molecule has 0 aliphatic rings. The molecule has 1 radical (unpaired) electrons. The van der Waals surface area contributed by atoms with Crippen LogP contribution in [-0.2, 0) is 27.9 Å². The van der Waals surface area contributed by atoms with Crippen molar-refractivity contribution in [1.82, 2.24) is 0 Å². The Morgan fingerprint density at radius 1 is 1.60 bits per heavy atom. The van der Waals surface area contributed by atoms with Crippen molar-refractivity contribution in [3.05, 3.63) is 0 Å². The predicted octanol–water partition coefficient (Wildman–Crippen LogP) is -0.755. The van der Waals surface area contributed by atoms with Crippen LogP contribution in [0.4, 0.5) is 0 Å². The van der Waals surface area contributed by atoms with E-state index < -0.39 is 0 Å². The topological polar surface area (TPSA) is 51.6 Å². The fraction of sp³-hybridized carbons (Fsp3) is 1.00. The van der Waals surface area contributed by atoms with Crippen molar-refractivity contribution in [2.75, 3.05) is 6.61 Å². The van der Waals surface area contributed by atoms with Gasteiger partial charge in [-0.15, -0.1) is 6.61 Å². The van der Waals surface area contributed by atoms with Gasteiger partial charge in [0.2, 0.25) is 0 Å². The van der Waals surface area contributed by atoms with Gasteiger partial charge in [0.1, 0.15) is 0 Å². The maximum absolute atomic E-state index is 8.93. The monoisotopic (exact) mass is 242 g/mol. The van der Waals surface area contributed by atoms with Crippen LogP contribution in [0.15, 0.2) is 0 Å². The molecule has 0 aromatic rings. The van der Waals surface area contributed by atoms with E-state index in [0.29, 0.717) is 0 Å². The standard InChI is InChI=1S/C2H5O.O.Ta/c1-2-3;;/h2H2,1H3;;/q-1;-2;. The zero-order valence-electron chi connectivity index (χ0n) is 2.97. The van der Waals surface area contributed by atoms with Crippen molar-refractivity contribution in [2.24, 2.45) is 0 Å². The summed E-state index contributed by atoms with van der Waals surface area (Å²) < 4.78 is 0. The smallest absolute Gasteiger partial charge is 0 e. The normalized spacial score (nSPS) is 3.60. The van der Waals surface area contributed by atoms with E-state index in [0.717, 1.165) is 0 Å². The minimum absolute atomic E-state index is 0. The molecule has 0 fully saturated rings. The summed E-state index contributed by atoms with van der Waals surface area (Å²) in [5.41, 5.74) is 0. The molecule has 0 bridgehead atoms. The first-order chi connectivity index (χ1) is 1.41. The molecule has 0 aromatic carbocycles. The molecule has 0 heterocycles. The Balaban J connectivity index is -0.0000000200. The van der Waals surface area contributed by atoms with Crippen LogP contribution in [0.25, 0.3) is 0 Å². The van der Waals surface area contributed by atoms with E-state index in [1.54, 1.807) is 6.92 Å². The van der Waals surface area contributed by atoms with Crippen molar-refractivity contribution in [2.45, 2.75) is 6.92 Å². The predicted molar refractivity (Wildman–Crippen MR) is 11.2 cm³/mol. The maximum atomic E-state index is 8.93. The molecule has 0 amide bonds. The third-order valence-corrected chi connectivity index (χ3v) is 0. The van der Waals surface area contributed by atoms with Crippen LogP contribution in [-0.4, -0.2) is 6.61 Å². The molecule has 2 nitrogen and oxygen atoms in total. The van der Waals surface area contributed by atoms with E-state index in [1.807, 2.05) is 0 Å². The molecule has 0 aliphatic heterocycles. The Hall–Kier alpha value is 0.660. The maximum Gasteiger partial charge on any atom is 0 e. The van der Waals surface area contributed by atoms with Gasteiger partial charge in [0.25, 0.3) is 0 Å². The Labute approximate surface area is 47.0 Å². The van der Waals surface area contributed by atoms with Gasteiger partial charge in [-0.1, -0.05) is 6.92 Å². The zero-order chi connectivity index (χ0) is 2.71. The first kappa shape index (κ1) is 17.4. The van der Waals surface area contributed by atoms with Crippen molar-refractivity contribution in [1.29, 1.82) is 0 Å². The molecule has 3 heteroatoms. The Bertz CT molecular complexity index is 7.61. The third-order valence-electron chi connectivity index (χ3n) is 0. The van der Waals surface area contributed by atoms with E-state index in [4.69, 9.17) is 5.11 Å². The summed E-state index contributed by atoms with van der Waals surface area (Å²) in [7, 11) is 0. The van der Waals surface area contributed by atoms with E-state index in [9.17, 15) is 0 Å². The zero-order valence-corrected chi connectivity index (χ0v) is 6.18. The molecule has 0 spiro atoms. The summed E-state index contributed by atoms with van der Waals surface area (Å²) >= 11 is 0. The van der Waals surface area contributed by atoms with E-state index in [1.165, 1.54) is 0 Å². The van der Waals surface area contributed by atoms with Gasteiger partial charge in [-0.2, -0.15) is 0 Å². The Morgan fingerprint density at radius 3 is 1.60 bits per heavy atom. The molecule has 0 saturated carbocycles. The summed E-state index contributed by atoms with van der Waals surface area (Å²) in [6.45, 7) is 1.57. The summed E-state index contributed by atoms with van der Waals surface area (Å²) in [6, 6.07) is 0. The number of hydrogen-bond donors (Lipinski definition) is 0. The molecule has 0 N–H and O–H groups in total. The second-order valence-corrected chi connectivity index (χ2v) is 0.289. The summed E-state index contributed by atoms with van der Waals surface area (Å²) in [4.78, 5) is 0. The van der Waals surface area contributed by atoms with Gasteiger partial charge in [-0.25, -0.2) is 0 Å². The van der Waals surface area contributed by atoms with Crippen molar-refractivity contribution < 1.29 is 33.0 Å². The van der Waals surface area contributed by atoms with Gasteiger partial charge in [0, 0.05) is 22.4 Å². The van der Waals surface area contributed by atoms with Crippen molar-refractivity contribution in [3.8, 4) is 0 Å². The summed E-state index contributed by atoms with van der Waals surface area (Å²) in [5, 5.41) is 8.93. The van der Waals surface area contributed by atoms with Crippen LogP contribution < -0.4 is 5.11 Å². The molecule has 0 aliphatic carbocycles. The Morgan fingerprint density at radius 2 is 1.60 bits per heavy atom. The first-order valence-corrected chi connectivity index (χ1v) is 0.996. The largest absolute Gasteiger partial charge is 2.00 e. The summed E-state index contributed by atoms with van der Waals surface area (Å²) in [5.74, 6) is 0. The van der Waals surface area contributed by atoms with Crippen LogP contribution in [0, 0.1) is 0 Å². The van der Waals surface area contributed by atoms with Gasteiger partial charge in [0.15, 0.2) is 0 Å². The Kier molecular flexibility index (Phi) is 78.7. The third kappa shape index (κ3) is 75.7.